The number of nitrogens with one attached hydrogen (secondary N) is 1. The van der Waals surface area contributed by atoms with E-state index in [1.807, 2.05) is 38.1 Å². The molecular weight excluding hydrogens is 511 g/mol. The molecule has 3 aromatic carbocycles. The van der Waals surface area contributed by atoms with Gasteiger partial charge in [-0.15, -0.1) is 0 Å². The third-order valence-electron chi connectivity index (χ3n) is 4.89. The van der Waals surface area contributed by atoms with Crippen molar-refractivity contribution in [3.8, 4) is 11.8 Å². The zero-order chi connectivity index (χ0) is 23.3. The molecule has 0 aromatic heterocycles. The van der Waals surface area contributed by atoms with E-state index in [0.717, 1.165) is 21.2 Å². The number of amides is 1. The minimum absolute atomic E-state index is 0.0432. The number of benzene rings is 3. The van der Waals surface area contributed by atoms with Gasteiger partial charge in [-0.1, -0.05) is 57.3 Å². The molecule has 3 rings (SSSR count). The van der Waals surface area contributed by atoms with Crippen LogP contribution in [0.3, 0.4) is 0 Å². The van der Waals surface area contributed by atoms with Crippen LogP contribution >= 0.6 is 39.1 Å². The van der Waals surface area contributed by atoms with E-state index in [1.54, 1.807) is 36.4 Å². The number of hydrogen-bond donors (Lipinski definition) is 1. The van der Waals surface area contributed by atoms with Crippen LogP contribution in [-0.2, 0) is 11.4 Å². The Hall–Kier alpha value is -2.78. The number of hydrogen-bond acceptors (Lipinski definition) is 3. The van der Waals surface area contributed by atoms with Crippen molar-refractivity contribution in [3.05, 3.63) is 96.9 Å². The van der Waals surface area contributed by atoms with Crippen molar-refractivity contribution in [2.24, 2.45) is 0 Å². The predicted octanol–water partition coefficient (Wildman–Crippen LogP) is 7.50. The average Bonchev–Trinajstić information content (AvgIpc) is 2.75. The summed E-state index contributed by atoms with van der Waals surface area (Å²) >= 11 is 15.6. The minimum Gasteiger partial charge on any atom is -0.488 e. The summed E-state index contributed by atoms with van der Waals surface area (Å²) in [5.41, 5.74) is 3.97. The van der Waals surface area contributed by atoms with Gasteiger partial charge in [-0.3, -0.25) is 4.79 Å². The van der Waals surface area contributed by atoms with Gasteiger partial charge >= 0.3 is 0 Å². The van der Waals surface area contributed by atoms with E-state index >= 15 is 0 Å². The van der Waals surface area contributed by atoms with E-state index in [4.69, 9.17) is 27.9 Å². The number of carbonyl (C=O) groups is 1. The average molecular weight is 530 g/mol. The van der Waals surface area contributed by atoms with E-state index in [1.165, 1.54) is 6.08 Å². The molecule has 0 aliphatic carbocycles. The molecule has 1 amide bonds. The first kappa shape index (κ1) is 23.9. The number of anilines is 1. The molecule has 0 fully saturated rings. The maximum atomic E-state index is 12.8. The number of carbonyl (C=O) groups excluding carboxylic acids is 1. The van der Waals surface area contributed by atoms with Crippen molar-refractivity contribution in [2.45, 2.75) is 20.5 Å². The van der Waals surface area contributed by atoms with Gasteiger partial charge < -0.3 is 10.1 Å². The highest BCUT2D eigenvalue weighted by atomic mass is 79.9. The molecule has 162 valence electrons. The zero-order valence-corrected chi connectivity index (χ0v) is 20.5. The summed E-state index contributed by atoms with van der Waals surface area (Å²) < 4.78 is 6.73. The van der Waals surface area contributed by atoms with Crippen LogP contribution in [0.4, 0.5) is 5.69 Å². The highest BCUT2D eigenvalue weighted by Gasteiger charge is 2.14. The van der Waals surface area contributed by atoms with Crippen LogP contribution in [0.15, 0.2) is 64.6 Å². The van der Waals surface area contributed by atoms with Crippen molar-refractivity contribution in [3.63, 3.8) is 0 Å². The van der Waals surface area contributed by atoms with E-state index in [2.05, 4.69) is 21.2 Å². The highest BCUT2D eigenvalue weighted by Crippen LogP contribution is 2.28. The first-order chi connectivity index (χ1) is 15.3. The molecule has 0 spiro atoms. The molecule has 0 aliphatic heterocycles. The highest BCUT2D eigenvalue weighted by molar-refractivity contribution is 9.10. The minimum atomic E-state index is -0.493. The van der Waals surface area contributed by atoms with Crippen LogP contribution in [0.2, 0.25) is 10.0 Å². The molecule has 0 heterocycles. The fourth-order valence-electron chi connectivity index (χ4n) is 2.94. The quantitative estimate of drug-likeness (QED) is 0.265. The number of ether oxygens (including phenoxy) is 1. The summed E-state index contributed by atoms with van der Waals surface area (Å²) in [6.45, 7) is 4.09. The lowest BCUT2D eigenvalue weighted by molar-refractivity contribution is -0.112. The molecule has 32 heavy (non-hydrogen) atoms. The van der Waals surface area contributed by atoms with Crippen LogP contribution < -0.4 is 10.1 Å². The van der Waals surface area contributed by atoms with E-state index in [9.17, 15) is 10.1 Å². The Bertz CT molecular complexity index is 1250. The monoisotopic (exact) mass is 528 g/mol. The van der Waals surface area contributed by atoms with Crippen LogP contribution in [-0.4, -0.2) is 5.91 Å². The Labute approximate surface area is 205 Å². The van der Waals surface area contributed by atoms with Crippen LogP contribution in [0.5, 0.6) is 5.75 Å². The van der Waals surface area contributed by atoms with E-state index in [-0.39, 0.29) is 12.2 Å². The molecule has 0 saturated heterocycles. The number of nitrogens with zero attached hydrogens (tertiary/aromatic N) is 1. The van der Waals surface area contributed by atoms with Crippen molar-refractivity contribution >= 4 is 56.8 Å². The van der Waals surface area contributed by atoms with E-state index in [0.29, 0.717) is 27.0 Å². The Morgan fingerprint density at radius 1 is 1.16 bits per heavy atom. The second-order valence-electron chi connectivity index (χ2n) is 7.08. The van der Waals surface area contributed by atoms with Gasteiger partial charge in [0.2, 0.25) is 0 Å². The molecule has 1 N–H and O–H groups in total. The topological polar surface area (TPSA) is 62.1 Å². The standard InChI is InChI=1S/C25H19BrCl2N2O2/c1-15-4-3-5-23(16(15)2)30-25(31)19(13-29)10-18-11-20(26)7-9-24(18)32-14-17-6-8-21(27)12-22(17)28/h3-12H,14H2,1-2H3,(H,30,31)/b19-10+. The van der Waals surface area contributed by atoms with Gasteiger partial charge in [-0.25, -0.2) is 0 Å². The largest absolute Gasteiger partial charge is 0.488 e. The number of rotatable bonds is 6. The Balaban J connectivity index is 1.86. The summed E-state index contributed by atoms with van der Waals surface area (Å²) in [6, 6.07) is 18.1. The third-order valence-corrected chi connectivity index (χ3v) is 5.97. The van der Waals surface area contributed by atoms with Gasteiger partial charge in [0.15, 0.2) is 0 Å². The number of aryl methyl sites for hydroxylation is 1. The maximum Gasteiger partial charge on any atom is 0.266 e. The molecule has 0 atom stereocenters. The summed E-state index contributed by atoms with van der Waals surface area (Å²) in [5.74, 6) is 0.0133. The summed E-state index contributed by atoms with van der Waals surface area (Å²) in [4.78, 5) is 12.8. The van der Waals surface area contributed by atoms with Crippen LogP contribution in [0.1, 0.15) is 22.3 Å². The first-order valence-corrected chi connectivity index (χ1v) is 11.2. The lowest BCUT2D eigenvalue weighted by Crippen LogP contribution is -2.14. The van der Waals surface area contributed by atoms with Gasteiger partial charge in [0.25, 0.3) is 5.91 Å². The fraction of sp³-hybridized carbons (Fsp3) is 0.120. The van der Waals surface area contributed by atoms with Gasteiger partial charge in [-0.05, 0) is 67.4 Å². The lowest BCUT2D eigenvalue weighted by atomic mass is 10.1. The van der Waals surface area contributed by atoms with Gasteiger partial charge in [0.05, 0.1) is 0 Å². The number of halogens is 3. The molecular formula is C25H19BrCl2N2O2. The zero-order valence-electron chi connectivity index (χ0n) is 17.4. The normalized spacial score (nSPS) is 11.1. The molecule has 0 unspecified atom stereocenters. The number of nitriles is 1. The molecule has 0 aliphatic rings. The van der Waals surface area contributed by atoms with Gasteiger partial charge in [0, 0.05) is 31.3 Å². The fourth-order valence-corrected chi connectivity index (χ4v) is 3.78. The first-order valence-electron chi connectivity index (χ1n) is 9.64. The van der Waals surface area contributed by atoms with Gasteiger partial charge in [0.1, 0.15) is 24.0 Å². The second kappa shape index (κ2) is 10.7. The van der Waals surface area contributed by atoms with Gasteiger partial charge in [-0.2, -0.15) is 5.26 Å². The lowest BCUT2D eigenvalue weighted by Gasteiger charge is -2.12. The van der Waals surface area contributed by atoms with Crippen molar-refractivity contribution in [1.82, 2.24) is 0 Å². The molecule has 3 aromatic rings. The third kappa shape index (κ3) is 5.92. The van der Waals surface area contributed by atoms with Crippen molar-refractivity contribution in [2.75, 3.05) is 5.32 Å². The molecule has 0 saturated carbocycles. The SMILES string of the molecule is Cc1cccc(NC(=O)/C(C#N)=C/c2cc(Br)ccc2OCc2ccc(Cl)cc2Cl)c1C. The van der Waals surface area contributed by atoms with Crippen molar-refractivity contribution in [1.29, 1.82) is 5.26 Å². The molecule has 0 radical (unpaired) electrons. The van der Waals surface area contributed by atoms with Crippen LogP contribution in [0.25, 0.3) is 6.08 Å². The molecule has 0 bridgehead atoms. The van der Waals surface area contributed by atoms with Crippen LogP contribution in [0, 0.1) is 25.2 Å². The Kier molecular flexibility index (Phi) is 7.98. The smallest absolute Gasteiger partial charge is 0.266 e. The molecule has 4 nitrogen and oxygen atoms in total. The summed E-state index contributed by atoms with van der Waals surface area (Å²) in [6.07, 6.45) is 1.50. The maximum absolute atomic E-state index is 12.8. The summed E-state index contributed by atoms with van der Waals surface area (Å²) in [5, 5.41) is 13.5. The molecule has 7 heteroatoms. The van der Waals surface area contributed by atoms with E-state index < -0.39 is 5.91 Å². The summed E-state index contributed by atoms with van der Waals surface area (Å²) in [7, 11) is 0. The second-order valence-corrected chi connectivity index (χ2v) is 8.84. The van der Waals surface area contributed by atoms with Crippen molar-refractivity contribution < 1.29 is 9.53 Å². The Morgan fingerprint density at radius 3 is 2.66 bits per heavy atom. The Morgan fingerprint density at radius 2 is 1.94 bits per heavy atom. The predicted molar refractivity (Wildman–Crippen MR) is 133 cm³/mol.